The summed E-state index contributed by atoms with van der Waals surface area (Å²) in [5, 5.41) is 11.7. The molecule has 1 N–H and O–H groups in total. The normalized spacial score (nSPS) is 48.6. The van der Waals surface area contributed by atoms with Crippen LogP contribution in [0.4, 0.5) is 0 Å². The third kappa shape index (κ3) is 1.84. The number of fused-ring (bicyclic) bond motifs is 5. The van der Waals surface area contributed by atoms with Crippen molar-refractivity contribution in [1.82, 2.24) is 0 Å². The maximum Gasteiger partial charge on any atom is 0.0737 e. The van der Waals surface area contributed by atoms with Gasteiger partial charge in [-0.3, -0.25) is 0 Å². The highest BCUT2D eigenvalue weighted by atomic mass is 16.3. The van der Waals surface area contributed by atoms with Gasteiger partial charge in [0.1, 0.15) is 0 Å². The van der Waals surface area contributed by atoms with Gasteiger partial charge in [0.15, 0.2) is 0 Å². The Kier molecular flexibility index (Phi) is 3.72. The quantitative estimate of drug-likeness (QED) is 0.636. The van der Waals surface area contributed by atoms with Crippen LogP contribution >= 0.6 is 0 Å². The topological polar surface area (TPSA) is 20.2 Å². The third-order valence-electron chi connectivity index (χ3n) is 7.93. The van der Waals surface area contributed by atoms with E-state index in [0.29, 0.717) is 11.3 Å². The molecule has 20 heavy (non-hydrogen) atoms. The van der Waals surface area contributed by atoms with Gasteiger partial charge in [0, 0.05) is 5.41 Å². The molecule has 2 bridgehead atoms. The Morgan fingerprint density at radius 2 is 1.30 bits per heavy atom. The molecule has 0 aromatic rings. The van der Waals surface area contributed by atoms with E-state index in [1.54, 1.807) is 0 Å². The zero-order chi connectivity index (χ0) is 14.4. The summed E-state index contributed by atoms with van der Waals surface area (Å²) >= 11 is 0. The standard InChI is InChI=1S/C19H34O/c1-17(2)15-12-14-18(17,3)19(20)13-10-8-6-4-5-7-9-11-16(15)19/h15-16,20H,4-14H2,1-3H3. The van der Waals surface area contributed by atoms with Crippen molar-refractivity contribution in [3.8, 4) is 0 Å². The molecule has 0 aromatic heterocycles. The fourth-order valence-electron chi connectivity index (χ4n) is 6.30. The lowest BCUT2D eigenvalue weighted by atomic mass is 9.61. The first-order chi connectivity index (χ1) is 9.43. The molecule has 3 fully saturated rings. The Labute approximate surface area is 125 Å². The first-order valence-corrected chi connectivity index (χ1v) is 9.16. The summed E-state index contributed by atoms with van der Waals surface area (Å²) in [5.74, 6) is 1.34. The van der Waals surface area contributed by atoms with Crippen LogP contribution in [0.3, 0.4) is 0 Å². The molecule has 0 amide bonds. The lowest BCUT2D eigenvalue weighted by molar-refractivity contribution is -0.126. The van der Waals surface area contributed by atoms with Crippen molar-refractivity contribution in [3.63, 3.8) is 0 Å². The van der Waals surface area contributed by atoms with Crippen LogP contribution in [0.2, 0.25) is 0 Å². The average Bonchev–Trinajstić information content (AvgIpc) is 2.68. The molecule has 0 spiro atoms. The van der Waals surface area contributed by atoms with E-state index in [-0.39, 0.29) is 11.0 Å². The van der Waals surface area contributed by atoms with Gasteiger partial charge in [0.05, 0.1) is 5.60 Å². The molecular formula is C19H34O. The van der Waals surface area contributed by atoms with Crippen LogP contribution in [0.25, 0.3) is 0 Å². The second kappa shape index (κ2) is 5.00. The first kappa shape index (κ1) is 14.9. The second-order valence-corrected chi connectivity index (χ2v) is 8.74. The van der Waals surface area contributed by atoms with Crippen LogP contribution in [0, 0.1) is 22.7 Å². The van der Waals surface area contributed by atoms with Gasteiger partial charge in [-0.1, -0.05) is 65.7 Å². The van der Waals surface area contributed by atoms with Crippen LogP contribution in [-0.2, 0) is 0 Å². The molecule has 0 saturated heterocycles. The smallest absolute Gasteiger partial charge is 0.0737 e. The Morgan fingerprint density at radius 3 is 2.00 bits per heavy atom. The molecule has 3 aliphatic rings. The lowest BCUT2D eigenvalue weighted by Crippen LogP contribution is -2.51. The Bertz CT molecular complexity index is 361. The summed E-state index contributed by atoms with van der Waals surface area (Å²) < 4.78 is 0. The Balaban J connectivity index is 1.90. The van der Waals surface area contributed by atoms with Crippen LogP contribution in [0.1, 0.15) is 91.4 Å². The molecule has 3 aliphatic carbocycles. The minimum absolute atomic E-state index is 0.156. The molecule has 4 atom stereocenters. The van der Waals surface area contributed by atoms with Crippen molar-refractivity contribution in [3.05, 3.63) is 0 Å². The maximum absolute atomic E-state index is 11.7. The van der Waals surface area contributed by atoms with Gasteiger partial charge in [-0.2, -0.15) is 0 Å². The molecule has 0 aliphatic heterocycles. The van der Waals surface area contributed by atoms with E-state index in [4.69, 9.17) is 0 Å². The molecule has 4 unspecified atom stereocenters. The van der Waals surface area contributed by atoms with Crippen molar-refractivity contribution < 1.29 is 5.11 Å². The number of hydrogen-bond acceptors (Lipinski definition) is 1. The van der Waals surface area contributed by atoms with E-state index in [9.17, 15) is 5.11 Å². The molecule has 1 nitrogen and oxygen atoms in total. The fraction of sp³-hybridized carbons (Fsp3) is 1.00. The largest absolute Gasteiger partial charge is 0.389 e. The molecule has 3 saturated carbocycles. The zero-order valence-corrected chi connectivity index (χ0v) is 13.9. The minimum atomic E-state index is -0.371. The molecular weight excluding hydrogens is 244 g/mol. The van der Waals surface area contributed by atoms with Crippen molar-refractivity contribution in [2.75, 3.05) is 0 Å². The van der Waals surface area contributed by atoms with Gasteiger partial charge in [0.25, 0.3) is 0 Å². The SMILES string of the molecule is CC1(C)C2CCC1(C)C1(O)CCCCCCCCCC21. The molecule has 116 valence electrons. The van der Waals surface area contributed by atoms with Crippen LogP contribution in [0.15, 0.2) is 0 Å². The first-order valence-electron chi connectivity index (χ1n) is 9.16. The van der Waals surface area contributed by atoms with Gasteiger partial charge in [-0.25, -0.2) is 0 Å². The van der Waals surface area contributed by atoms with Gasteiger partial charge in [-0.15, -0.1) is 0 Å². The molecule has 3 rings (SSSR count). The Hall–Kier alpha value is -0.0400. The number of aliphatic hydroxyl groups is 1. The molecule has 1 heteroatoms. The van der Waals surface area contributed by atoms with Gasteiger partial charge >= 0.3 is 0 Å². The number of hydrogen-bond donors (Lipinski definition) is 1. The minimum Gasteiger partial charge on any atom is -0.389 e. The van der Waals surface area contributed by atoms with Crippen LogP contribution < -0.4 is 0 Å². The highest BCUT2D eigenvalue weighted by Crippen LogP contribution is 2.73. The maximum atomic E-state index is 11.7. The lowest BCUT2D eigenvalue weighted by Gasteiger charge is -2.48. The monoisotopic (exact) mass is 278 g/mol. The van der Waals surface area contributed by atoms with E-state index >= 15 is 0 Å². The molecule has 0 radical (unpaired) electrons. The van der Waals surface area contributed by atoms with Crippen molar-refractivity contribution in [2.24, 2.45) is 22.7 Å². The van der Waals surface area contributed by atoms with Gasteiger partial charge in [-0.05, 0) is 42.9 Å². The highest BCUT2D eigenvalue weighted by Gasteiger charge is 2.72. The Morgan fingerprint density at radius 1 is 0.700 bits per heavy atom. The fourth-order valence-corrected chi connectivity index (χ4v) is 6.30. The summed E-state index contributed by atoms with van der Waals surface area (Å²) in [6.45, 7) is 7.30. The summed E-state index contributed by atoms with van der Waals surface area (Å²) in [6, 6.07) is 0. The summed E-state index contributed by atoms with van der Waals surface area (Å²) in [6.07, 6.45) is 14.5. The predicted octanol–water partition coefficient (Wildman–Crippen LogP) is 5.31. The average molecular weight is 278 g/mol. The van der Waals surface area contributed by atoms with Crippen LogP contribution in [0.5, 0.6) is 0 Å². The van der Waals surface area contributed by atoms with Gasteiger partial charge in [0.2, 0.25) is 0 Å². The van der Waals surface area contributed by atoms with Crippen LogP contribution in [-0.4, -0.2) is 10.7 Å². The van der Waals surface area contributed by atoms with E-state index in [1.807, 2.05) is 0 Å². The zero-order valence-electron chi connectivity index (χ0n) is 13.9. The summed E-state index contributed by atoms with van der Waals surface area (Å²) in [7, 11) is 0. The van der Waals surface area contributed by atoms with E-state index in [1.165, 1.54) is 64.2 Å². The third-order valence-corrected chi connectivity index (χ3v) is 7.93. The molecule has 0 aromatic carbocycles. The van der Waals surface area contributed by atoms with E-state index < -0.39 is 0 Å². The van der Waals surface area contributed by atoms with E-state index in [2.05, 4.69) is 20.8 Å². The van der Waals surface area contributed by atoms with Crippen molar-refractivity contribution in [1.29, 1.82) is 0 Å². The van der Waals surface area contributed by atoms with Gasteiger partial charge < -0.3 is 5.11 Å². The van der Waals surface area contributed by atoms with Crippen molar-refractivity contribution >= 4 is 0 Å². The van der Waals surface area contributed by atoms with E-state index in [0.717, 1.165) is 12.3 Å². The number of rotatable bonds is 0. The van der Waals surface area contributed by atoms with Crippen molar-refractivity contribution in [2.45, 2.75) is 97.0 Å². The second-order valence-electron chi connectivity index (χ2n) is 8.74. The summed E-state index contributed by atoms with van der Waals surface area (Å²) in [5.41, 5.74) is 0.115. The summed E-state index contributed by atoms with van der Waals surface area (Å²) in [4.78, 5) is 0. The predicted molar refractivity (Wildman–Crippen MR) is 84.6 cm³/mol. The molecule has 0 heterocycles. The highest BCUT2D eigenvalue weighted by molar-refractivity contribution is 5.21.